The van der Waals surface area contributed by atoms with Gasteiger partial charge in [-0.25, -0.2) is 4.98 Å². The average molecular weight is 377 g/mol. The van der Waals surface area contributed by atoms with E-state index in [2.05, 4.69) is 22.5 Å². The summed E-state index contributed by atoms with van der Waals surface area (Å²) >= 11 is 0. The van der Waals surface area contributed by atoms with Gasteiger partial charge in [-0.05, 0) is 42.3 Å². The Labute approximate surface area is 164 Å². The van der Waals surface area contributed by atoms with Crippen LogP contribution in [-0.2, 0) is 6.42 Å². The molecule has 1 aromatic heterocycles. The standard InChI is InChI=1S/C22H23N3O3/c1-4-15-7-5-6-8-18(15)25-22(26)16-11-12-23-21(13-16)24-17-9-10-19(27-2)20(14-17)28-3/h5-14H,4H2,1-3H3,(H,23,24)(H,25,26). The van der Waals surface area contributed by atoms with Crippen molar-refractivity contribution in [3.05, 3.63) is 71.9 Å². The minimum Gasteiger partial charge on any atom is -0.493 e. The van der Waals surface area contributed by atoms with E-state index in [0.29, 0.717) is 22.9 Å². The smallest absolute Gasteiger partial charge is 0.255 e. The second-order valence-corrected chi connectivity index (χ2v) is 6.09. The number of anilines is 3. The molecular formula is C22H23N3O3. The predicted octanol–water partition coefficient (Wildman–Crippen LogP) is 4.66. The lowest BCUT2D eigenvalue weighted by Crippen LogP contribution is -2.13. The molecule has 0 atom stereocenters. The van der Waals surface area contributed by atoms with E-state index in [1.165, 1.54) is 0 Å². The molecule has 3 aromatic rings. The van der Waals surface area contributed by atoms with Gasteiger partial charge in [-0.15, -0.1) is 0 Å². The van der Waals surface area contributed by atoms with Crippen molar-refractivity contribution in [1.82, 2.24) is 4.98 Å². The highest BCUT2D eigenvalue weighted by atomic mass is 16.5. The van der Waals surface area contributed by atoms with Crippen LogP contribution in [0.2, 0.25) is 0 Å². The first kappa shape index (κ1) is 19.2. The Morgan fingerprint density at radius 2 is 1.79 bits per heavy atom. The third-order valence-electron chi connectivity index (χ3n) is 4.32. The topological polar surface area (TPSA) is 72.5 Å². The van der Waals surface area contributed by atoms with Gasteiger partial charge in [0.1, 0.15) is 5.82 Å². The summed E-state index contributed by atoms with van der Waals surface area (Å²) < 4.78 is 10.6. The summed E-state index contributed by atoms with van der Waals surface area (Å²) in [5.41, 5.74) is 3.21. The Kier molecular flexibility index (Phi) is 6.11. The van der Waals surface area contributed by atoms with Crippen molar-refractivity contribution in [2.75, 3.05) is 24.9 Å². The van der Waals surface area contributed by atoms with Crippen LogP contribution in [0.15, 0.2) is 60.8 Å². The summed E-state index contributed by atoms with van der Waals surface area (Å²) in [6.45, 7) is 2.06. The van der Waals surface area contributed by atoms with E-state index in [4.69, 9.17) is 9.47 Å². The highest BCUT2D eigenvalue weighted by Gasteiger charge is 2.10. The molecule has 0 bridgehead atoms. The number of ether oxygens (including phenoxy) is 2. The van der Waals surface area contributed by atoms with Crippen molar-refractivity contribution >= 4 is 23.1 Å². The average Bonchev–Trinajstić information content (AvgIpc) is 2.74. The molecule has 0 unspecified atom stereocenters. The van der Waals surface area contributed by atoms with Gasteiger partial charge in [-0.2, -0.15) is 0 Å². The number of nitrogens with zero attached hydrogens (tertiary/aromatic N) is 1. The number of hydrogen-bond donors (Lipinski definition) is 2. The van der Waals surface area contributed by atoms with E-state index in [-0.39, 0.29) is 5.91 Å². The first-order valence-electron chi connectivity index (χ1n) is 8.99. The largest absolute Gasteiger partial charge is 0.493 e. The van der Waals surface area contributed by atoms with Crippen molar-refractivity contribution < 1.29 is 14.3 Å². The van der Waals surface area contributed by atoms with Crippen molar-refractivity contribution in [3.63, 3.8) is 0 Å². The van der Waals surface area contributed by atoms with Crippen LogP contribution in [-0.4, -0.2) is 25.1 Å². The van der Waals surface area contributed by atoms with Crippen molar-refractivity contribution in [2.45, 2.75) is 13.3 Å². The fourth-order valence-corrected chi connectivity index (χ4v) is 2.85. The van der Waals surface area contributed by atoms with E-state index >= 15 is 0 Å². The van der Waals surface area contributed by atoms with Gasteiger partial charge in [0.05, 0.1) is 14.2 Å². The maximum absolute atomic E-state index is 12.7. The van der Waals surface area contributed by atoms with Crippen LogP contribution in [0.5, 0.6) is 11.5 Å². The number of benzene rings is 2. The molecule has 2 N–H and O–H groups in total. The quantitative estimate of drug-likeness (QED) is 0.627. The SMILES string of the molecule is CCc1ccccc1NC(=O)c1ccnc(Nc2ccc(OC)c(OC)c2)c1. The molecule has 3 rings (SSSR count). The molecular weight excluding hydrogens is 354 g/mol. The summed E-state index contributed by atoms with van der Waals surface area (Å²) in [6, 6.07) is 16.6. The molecule has 0 saturated heterocycles. The van der Waals surface area contributed by atoms with Crippen molar-refractivity contribution in [2.24, 2.45) is 0 Å². The highest BCUT2D eigenvalue weighted by molar-refractivity contribution is 6.05. The Balaban J connectivity index is 1.77. The molecule has 0 aliphatic heterocycles. The lowest BCUT2D eigenvalue weighted by Gasteiger charge is -2.12. The number of aromatic nitrogens is 1. The first-order chi connectivity index (χ1) is 13.6. The Bertz CT molecular complexity index is 973. The summed E-state index contributed by atoms with van der Waals surface area (Å²) in [6.07, 6.45) is 2.45. The van der Waals surface area contributed by atoms with E-state index < -0.39 is 0 Å². The maximum atomic E-state index is 12.7. The van der Waals surface area contributed by atoms with Crippen LogP contribution in [0.1, 0.15) is 22.8 Å². The van der Waals surface area contributed by atoms with Gasteiger partial charge < -0.3 is 20.1 Å². The molecule has 28 heavy (non-hydrogen) atoms. The molecule has 0 saturated carbocycles. The number of nitrogens with one attached hydrogen (secondary N) is 2. The number of para-hydroxylation sites is 1. The van der Waals surface area contributed by atoms with Gasteiger partial charge in [-0.1, -0.05) is 25.1 Å². The molecule has 0 fully saturated rings. The van der Waals surface area contributed by atoms with E-state index in [1.807, 2.05) is 36.4 Å². The van der Waals surface area contributed by atoms with Crippen LogP contribution in [0, 0.1) is 0 Å². The number of carbonyl (C=O) groups excluding carboxylic acids is 1. The third-order valence-corrected chi connectivity index (χ3v) is 4.32. The summed E-state index contributed by atoms with van der Waals surface area (Å²) in [5, 5.41) is 6.16. The molecule has 0 aliphatic carbocycles. The zero-order valence-corrected chi connectivity index (χ0v) is 16.2. The molecule has 0 radical (unpaired) electrons. The zero-order chi connectivity index (χ0) is 19.9. The van der Waals surface area contributed by atoms with Gasteiger partial charge in [0.25, 0.3) is 5.91 Å². The summed E-state index contributed by atoms with van der Waals surface area (Å²) in [4.78, 5) is 17.0. The molecule has 6 heteroatoms. The Hall–Kier alpha value is -3.54. The molecule has 2 aromatic carbocycles. The van der Waals surface area contributed by atoms with Gasteiger partial charge in [0.2, 0.25) is 0 Å². The number of methoxy groups -OCH3 is 2. The van der Waals surface area contributed by atoms with Gasteiger partial charge in [0, 0.05) is 29.2 Å². The molecule has 0 spiro atoms. The molecule has 1 amide bonds. The number of rotatable bonds is 7. The van der Waals surface area contributed by atoms with Crippen LogP contribution >= 0.6 is 0 Å². The van der Waals surface area contributed by atoms with Crippen LogP contribution in [0.25, 0.3) is 0 Å². The summed E-state index contributed by atoms with van der Waals surface area (Å²) in [7, 11) is 3.17. The fourth-order valence-electron chi connectivity index (χ4n) is 2.85. The number of amides is 1. The maximum Gasteiger partial charge on any atom is 0.255 e. The van der Waals surface area contributed by atoms with Gasteiger partial charge >= 0.3 is 0 Å². The van der Waals surface area contributed by atoms with Crippen molar-refractivity contribution in [1.29, 1.82) is 0 Å². The van der Waals surface area contributed by atoms with E-state index in [9.17, 15) is 4.79 Å². The number of hydrogen-bond acceptors (Lipinski definition) is 5. The predicted molar refractivity (Wildman–Crippen MR) is 111 cm³/mol. The minimum absolute atomic E-state index is 0.182. The number of pyridine rings is 1. The summed E-state index contributed by atoms with van der Waals surface area (Å²) in [5.74, 6) is 1.63. The van der Waals surface area contributed by atoms with Crippen LogP contribution in [0.3, 0.4) is 0 Å². The highest BCUT2D eigenvalue weighted by Crippen LogP contribution is 2.31. The molecule has 0 aliphatic rings. The second-order valence-electron chi connectivity index (χ2n) is 6.09. The zero-order valence-electron chi connectivity index (χ0n) is 16.2. The van der Waals surface area contributed by atoms with E-state index in [0.717, 1.165) is 23.4 Å². The minimum atomic E-state index is -0.182. The van der Waals surface area contributed by atoms with Gasteiger partial charge in [-0.3, -0.25) is 4.79 Å². The molecule has 1 heterocycles. The van der Waals surface area contributed by atoms with Crippen LogP contribution < -0.4 is 20.1 Å². The van der Waals surface area contributed by atoms with Crippen molar-refractivity contribution in [3.8, 4) is 11.5 Å². The van der Waals surface area contributed by atoms with E-state index in [1.54, 1.807) is 38.6 Å². The Morgan fingerprint density at radius 3 is 2.54 bits per heavy atom. The third kappa shape index (κ3) is 4.40. The lowest BCUT2D eigenvalue weighted by atomic mass is 10.1. The number of aryl methyl sites for hydroxylation is 1. The fraction of sp³-hybridized carbons (Fsp3) is 0.182. The Morgan fingerprint density at radius 1 is 1.00 bits per heavy atom. The molecule has 144 valence electrons. The number of carbonyl (C=O) groups is 1. The first-order valence-corrected chi connectivity index (χ1v) is 8.99. The molecule has 6 nitrogen and oxygen atoms in total. The van der Waals surface area contributed by atoms with Crippen LogP contribution in [0.4, 0.5) is 17.2 Å². The second kappa shape index (κ2) is 8.90. The lowest BCUT2D eigenvalue weighted by molar-refractivity contribution is 0.102. The van der Waals surface area contributed by atoms with Gasteiger partial charge in [0.15, 0.2) is 11.5 Å². The monoisotopic (exact) mass is 377 g/mol. The normalized spacial score (nSPS) is 10.2.